The molecule has 0 atom stereocenters. The summed E-state index contributed by atoms with van der Waals surface area (Å²) < 4.78 is 36.3. The molecule has 16 heavy (non-hydrogen) atoms. The van der Waals surface area contributed by atoms with Crippen LogP contribution in [0, 0.1) is 5.92 Å². The number of aliphatic hydroxyl groups is 1. The third-order valence-electron chi connectivity index (χ3n) is 2.91. The molecule has 0 aromatic rings. The van der Waals surface area contributed by atoms with Crippen LogP contribution >= 0.6 is 0 Å². The highest BCUT2D eigenvalue weighted by Crippen LogP contribution is 2.25. The van der Waals surface area contributed by atoms with E-state index in [1.54, 1.807) is 0 Å². The second-order valence-electron chi connectivity index (χ2n) is 4.10. The van der Waals surface area contributed by atoms with E-state index >= 15 is 0 Å². The number of piperidine rings is 1. The van der Waals surface area contributed by atoms with Gasteiger partial charge in [0.05, 0.1) is 0 Å². The Labute approximate surface area is 92.2 Å². The van der Waals surface area contributed by atoms with Gasteiger partial charge in [-0.3, -0.25) is 4.79 Å². The van der Waals surface area contributed by atoms with Crippen LogP contribution < -0.4 is 0 Å². The summed E-state index contributed by atoms with van der Waals surface area (Å²) in [5, 5.41) is 8.63. The predicted octanol–water partition coefficient (Wildman–Crippen LogP) is 1.56. The number of halogens is 3. The van der Waals surface area contributed by atoms with Crippen molar-refractivity contribution in [2.75, 3.05) is 19.7 Å². The van der Waals surface area contributed by atoms with Crippen LogP contribution in [-0.2, 0) is 4.79 Å². The van der Waals surface area contributed by atoms with Gasteiger partial charge in [-0.15, -0.1) is 0 Å². The van der Waals surface area contributed by atoms with E-state index in [0.717, 1.165) is 11.3 Å². The average molecular weight is 239 g/mol. The van der Waals surface area contributed by atoms with Crippen molar-refractivity contribution in [3.8, 4) is 0 Å². The zero-order chi connectivity index (χ0) is 12.2. The van der Waals surface area contributed by atoms with Crippen LogP contribution in [0.1, 0.15) is 25.7 Å². The Morgan fingerprint density at radius 3 is 2.31 bits per heavy atom. The van der Waals surface area contributed by atoms with Crippen LogP contribution in [0.5, 0.6) is 0 Å². The lowest BCUT2D eigenvalue weighted by Gasteiger charge is -2.32. The van der Waals surface area contributed by atoms with Crippen molar-refractivity contribution in [3.63, 3.8) is 0 Å². The zero-order valence-corrected chi connectivity index (χ0v) is 8.96. The normalized spacial score (nSPS) is 18.9. The van der Waals surface area contributed by atoms with Gasteiger partial charge in [-0.2, -0.15) is 13.2 Å². The van der Waals surface area contributed by atoms with Crippen molar-refractivity contribution < 1.29 is 23.1 Å². The lowest BCUT2D eigenvalue weighted by Crippen LogP contribution is -2.45. The van der Waals surface area contributed by atoms with Gasteiger partial charge in [0, 0.05) is 19.7 Å². The van der Waals surface area contributed by atoms with Crippen LogP contribution in [0.2, 0.25) is 0 Å². The summed E-state index contributed by atoms with van der Waals surface area (Å²) >= 11 is 0. The fourth-order valence-electron chi connectivity index (χ4n) is 1.98. The highest BCUT2D eigenvalue weighted by atomic mass is 19.4. The van der Waals surface area contributed by atoms with E-state index in [1.165, 1.54) is 0 Å². The van der Waals surface area contributed by atoms with Gasteiger partial charge in [0.2, 0.25) is 0 Å². The second-order valence-corrected chi connectivity index (χ2v) is 4.10. The SMILES string of the molecule is O=C(N1CCC(CCCO)CC1)C(F)(F)F. The quantitative estimate of drug-likeness (QED) is 0.812. The fourth-order valence-corrected chi connectivity index (χ4v) is 1.98. The molecule has 1 rings (SSSR count). The van der Waals surface area contributed by atoms with Crippen LogP contribution in [0.25, 0.3) is 0 Å². The van der Waals surface area contributed by atoms with Crippen molar-refractivity contribution in [2.24, 2.45) is 5.92 Å². The van der Waals surface area contributed by atoms with Gasteiger partial charge >= 0.3 is 12.1 Å². The highest BCUT2D eigenvalue weighted by Gasteiger charge is 2.43. The number of aliphatic hydroxyl groups excluding tert-OH is 1. The molecule has 0 aromatic carbocycles. The van der Waals surface area contributed by atoms with E-state index in [4.69, 9.17) is 5.11 Å². The van der Waals surface area contributed by atoms with Gasteiger partial charge in [-0.05, 0) is 31.6 Å². The Hall–Kier alpha value is -0.780. The number of alkyl halides is 3. The van der Waals surface area contributed by atoms with Crippen molar-refractivity contribution in [3.05, 3.63) is 0 Å². The number of amides is 1. The van der Waals surface area contributed by atoms with Crippen molar-refractivity contribution in [1.29, 1.82) is 0 Å². The Kier molecular flexibility index (Phi) is 4.58. The van der Waals surface area contributed by atoms with Crippen LogP contribution in [-0.4, -0.2) is 41.8 Å². The van der Waals surface area contributed by atoms with Gasteiger partial charge in [-0.25, -0.2) is 0 Å². The summed E-state index contributed by atoms with van der Waals surface area (Å²) in [4.78, 5) is 11.8. The van der Waals surface area contributed by atoms with Gasteiger partial charge < -0.3 is 10.0 Å². The highest BCUT2D eigenvalue weighted by molar-refractivity contribution is 5.81. The minimum Gasteiger partial charge on any atom is -0.396 e. The molecule has 1 aliphatic rings. The Morgan fingerprint density at radius 2 is 1.88 bits per heavy atom. The van der Waals surface area contributed by atoms with Crippen LogP contribution in [0.3, 0.4) is 0 Å². The maximum Gasteiger partial charge on any atom is 0.471 e. The first-order valence-electron chi connectivity index (χ1n) is 5.42. The van der Waals surface area contributed by atoms with E-state index < -0.39 is 12.1 Å². The molecular formula is C10H16F3NO2. The first-order valence-corrected chi connectivity index (χ1v) is 5.42. The fraction of sp³-hybridized carbons (Fsp3) is 0.900. The lowest BCUT2D eigenvalue weighted by molar-refractivity contribution is -0.186. The first-order chi connectivity index (χ1) is 7.45. The minimum absolute atomic E-state index is 0.113. The first kappa shape index (κ1) is 13.3. The van der Waals surface area contributed by atoms with Gasteiger partial charge in [0.15, 0.2) is 0 Å². The molecule has 0 bridgehead atoms. The van der Waals surface area contributed by atoms with Crippen molar-refractivity contribution >= 4 is 5.91 Å². The molecule has 0 spiro atoms. The molecule has 94 valence electrons. The molecule has 1 amide bonds. The van der Waals surface area contributed by atoms with E-state index in [0.29, 0.717) is 25.2 Å². The molecule has 3 nitrogen and oxygen atoms in total. The zero-order valence-electron chi connectivity index (χ0n) is 8.96. The smallest absolute Gasteiger partial charge is 0.396 e. The minimum atomic E-state index is -4.75. The van der Waals surface area contributed by atoms with E-state index in [1.807, 2.05) is 0 Å². The summed E-state index contributed by atoms with van der Waals surface area (Å²) in [6.45, 7) is 0.463. The van der Waals surface area contributed by atoms with Gasteiger partial charge in [0.25, 0.3) is 0 Å². The van der Waals surface area contributed by atoms with Crippen molar-refractivity contribution in [2.45, 2.75) is 31.9 Å². The van der Waals surface area contributed by atoms with Gasteiger partial charge in [-0.1, -0.05) is 0 Å². The molecule has 1 fully saturated rings. The number of nitrogens with zero attached hydrogens (tertiary/aromatic N) is 1. The van der Waals surface area contributed by atoms with E-state index in [9.17, 15) is 18.0 Å². The summed E-state index contributed by atoms with van der Waals surface area (Å²) in [6, 6.07) is 0. The number of hydrogen-bond donors (Lipinski definition) is 1. The number of rotatable bonds is 3. The molecule has 0 saturated carbocycles. The predicted molar refractivity (Wildman–Crippen MR) is 51.7 cm³/mol. The van der Waals surface area contributed by atoms with Crippen molar-refractivity contribution in [1.82, 2.24) is 4.90 Å². The standard InChI is InChI=1S/C10H16F3NO2/c11-10(12,13)9(16)14-5-3-8(4-6-14)2-1-7-15/h8,15H,1-7H2. The topological polar surface area (TPSA) is 40.5 Å². The summed E-state index contributed by atoms with van der Waals surface area (Å²) in [6.07, 6.45) is -2.05. The monoisotopic (exact) mass is 239 g/mol. The number of carbonyl (C=O) groups is 1. The molecule has 0 unspecified atom stereocenters. The molecular weight excluding hydrogens is 223 g/mol. The number of carbonyl (C=O) groups excluding carboxylic acids is 1. The molecule has 1 heterocycles. The van der Waals surface area contributed by atoms with Crippen LogP contribution in [0.4, 0.5) is 13.2 Å². The summed E-state index contributed by atoms with van der Waals surface area (Å²) in [5.41, 5.74) is 0. The Bertz CT molecular complexity index is 235. The molecule has 0 radical (unpaired) electrons. The number of likely N-dealkylation sites (tertiary alicyclic amines) is 1. The molecule has 1 N–H and O–H groups in total. The van der Waals surface area contributed by atoms with Gasteiger partial charge in [0.1, 0.15) is 0 Å². The molecule has 1 aliphatic heterocycles. The number of hydrogen-bond acceptors (Lipinski definition) is 2. The van der Waals surface area contributed by atoms with E-state index in [2.05, 4.69) is 0 Å². The third-order valence-corrected chi connectivity index (χ3v) is 2.91. The van der Waals surface area contributed by atoms with E-state index in [-0.39, 0.29) is 19.7 Å². The summed E-state index contributed by atoms with van der Waals surface area (Å²) in [5.74, 6) is -1.39. The largest absolute Gasteiger partial charge is 0.471 e. The Morgan fingerprint density at radius 1 is 1.31 bits per heavy atom. The molecule has 0 aliphatic carbocycles. The molecule has 6 heteroatoms. The van der Waals surface area contributed by atoms with Crippen LogP contribution in [0.15, 0.2) is 0 Å². The molecule has 1 saturated heterocycles. The second kappa shape index (κ2) is 5.52. The lowest BCUT2D eigenvalue weighted by atomic mass is 9.92. The summed E-state index contributed by atoms with van der Waals surface area (Å²) in [7, 11) is 0. The molecule has 0 aromatic heterocycles. The Balaban J connectivity index is 2.34. The third kappa shape index (κ3) is 3.66. The average Bonchev–Trinajstić information content (AvgIpc) is 2.25. The maximum atomic E-state index is 12.1. The maximum absolute atomic E-state index is 12.1.